The number of nitrogens with zero attached hydrogens (tertiary/aromatic N) is 1. The zero-order valence-electron chi connectivity index (χ0n) is 11.4. The minimum atomic E-state index is -0.585. The Hall–Kier alpha value is -2.15. The summed E-state index contributed by atoms with van der Waals surface area (Å²) < 4.78 is 5.48. The maximum absolute atomic E-state index is 11.3. The summed E-state index contributed by atoms with van der Waals surface area (Å²) >= 11 is 0. The number of nitrogens with two attached hydrogens (primary N) is 1. The second kappa shape index (κ2) is 5.09. The number of aryl methyl sites for hydroxylation is 1. The van der Waals surface area contributed by atoms with Crippen molar-refractivity contribution in [1.29, 1.82) is 0 Å². The minimum absolute atomic E-state index is 0.136. The second-order valence-corrected chi connectivity index (χ2v) is 5.56. The van der Waals surface area contributed by atoms with Crippen LogP contribution in [-0.4, -0.2) is 23.0 Å². The topological polar surface area (TPSA) is 107 Å². The molecular weight excluding hydrogens is 262 g/mol. The van der Waals surface area contributed by atoms with Crippen molar-refractivity contribution >= 4 is 17.3 Å². The molecule has 0 saturated carbocycles. The Labute approximate surface area is 116 Å². The van der Waals surface area contributed by atoms with Gasteiger partial charge in [-0.05, 0) is 31.9 Å². The van der Waals surface area contributed by atoms with Crippen LogP contribution in [0.15, 0.2) is 12.1 Å². The van der Waals surface area contributed by atoms with E-state index in [0.29, 0.717) is 18.5 Å². The molecule has 1 aliphatic rings. The van der Waals surface area contributed by atoms with E-state index >= 15 is 0 Å². The number of carbonyl (C=O) groups is 1. The molecule has 7 heteroatoms. The molecule has 1 aliphatic heterocycles. The Balaban J connectivity index is 2.35. The highest BCUT2D eigenvalue weighted by Crippen LogP contribution is 2.35. The van der Waals surface area contributed by atoms with Crippen molar-refractivity contribution in [3.63, 3.8) is 0 Å². The standard InChI is InChI=1S/C13H17N3O4/c1-13(2,14)7-20-11-5-8-3-4-12(17)15-9(8)6-10(11)16(18)19/h5-6H,3-4,7,14H2,1-2H3,(H,15,17). The summed E-state index contributed by atoms with van der Waals surface area (Å²) in [4.78, 5) is 21.9. The number of hydrogen-bond acceptors (Lipinski definition) is 5. The predicted octanol–water partition coefficient (Wildman–Crippen LogP) is 1.60. The smallest absolute Gasteiger partial charge is 0.313 e. The lowest BCUT2D eigenvalue weighted by atomic mass is 10.0. The second-order valence-electron chi connectivity index (χ2n) is 5.56. The number of ether oxygens (including phenoxy) is 1. The minimum Gasteiger partial charge on any atom is -0.485 e. The number of nitro groups is 1. The van der Waals surface area contributed by atoms with Crippen molar-refractivity contribution in [3.8, 4) is 5.75 Å². The number of carbonyl (C=O) groups excluding carboxylic acids is 1. The largest absolute Gasteiger partial charge is 0.485 e. The van der Waals surface area contributed by atoms with Crippen LogP contribution in [0, 0.1) is 10.1 Å². The fourth-order valence-corrected chi connectivity index (χ4v) is 1.92. The summed E-state index contributed by atoms with van der Waals surface area (Å²) in [5.74, 6) is 0.0481. The maximum atomic E-state index is 11.3. The van der Waals surface area contributed by atoms with Crippen LogP contribution in [0.25, 0.3) is 0 Å². The number of fused-ring (bicyclic) bond motifs is 1. The van der Waals surface area contributed by atoms with Crippen molar-refractivity contribution in [2.75, 3.05) is 11.9 Å². The van der Waals surface area contributed by atoms with E-state index in [1.807, 2.05) is 0 Å². The van der Waals surface area contributed by atoms with E-state index in [9.17, 15) is 14.9 Å². The summed E-state index contributed by atoms with van der Waals surface area (Å²) in [7, 11) is 0. The van der Waals surface area contributed by atoms with Gasteiger partial charge < -0.3 is 15.8 Å². The number of nitro benzene ring substituents is 1. The molecule has 20 heavy (non-hydrogen) atoms. The van der Waals surface area contributed by atoms with Gasteiger partial charge >= 0.3 is 5.69 Å². The molecule has 2 rings (SSSR count). The lowest BCUT2D eigenvalue weighted by Gasteiger charge is -2.21. The summed E-state index contributed by atoms with van der Waals surface area (Å²) in [6.07, 6.45) is 0.911. The fourth-order valence-electron chi connectivity index (χ4n) is 1.92. The van der Waals surface area contributed by atoms with Crippen LogP contribution in [0.4, 0.5) is 11.4 Å². The summed E-state index contributed by atoms with van der Waals surface area (Å²) in [5, 5.41) is 13.7. The van der Waals surface area contributed by atoms with Gasteiger partial charge in [0.2, 0.25) is 5.91 Å². The Bertz CT molecular complexity index is 563. The fraction of sp³-hybridized carbons (Fsp3) is 0.462. The Morgan fingerprint density at radius 3 is 2.75 bits per heavy atom. The van der Waals surface area contributed by atoms with E-state index in [1.165, 1.54) is 6.07 Å². The highest BCUT2D eigenvalue weighted by molar-refractivity contribution is 5.94. The van der Waals surface area contributed by atoms with Crippen LogP contribution < -0.4 is 15.8 Å². The molecule has 3 N–H and O–H groups in total. The van der Waals surface area contributed by atoms with Gasteiger partial charge in [0.15, 0.2) is 5.75 Å². The molecular formula is C13H17N3O4. The SMILES string of the molecule is CC(C)(N)COc1cc2c(cc1[N+](=O)[O-])NC(=O)CC2. The Morgan fingerprint density at radius 1 is 1.45 bits per heavy atom. The summed E-state index contributed by atoms with van der Waals surface area (Å²) in [6, 6.07) is 2.95. The van der Waals surface area contributed by atoms with E-state index in [-0.39, 0.29) is 24.0 Å². The van der Waals surface area contributed by atoms with E-state index in [0.717, 1.165) is 5.56 Å². The molecule has 0 bridgehead atoms. The number of rotatable bonds is 4. The molecule has 1 heterocycles. The molecule has 1 amide bonds. The van der Waals surface area contributed by atoms with Crippen LogP contribution in [0.1, 0.15) is 25.8 Å². The monoisotopic (exact) mass is 279 g/mol. The number of benzene rings is 1. The molecule has 0 saturated heterocycles. The zero-order valence-corrected chi connectivity index (χ0v) is 11.4. The van der Waals surface area contributed by atoms with Gasteiger partial charge in [-0.15, -0.1) is 0 Å². The van der Waals surface area contributed by atoms with Crippen molar-refractivity contribution < 1.29 is 14.5 Å². The first-order valence-electron chi connectivity index (χ1n) is 6.29. The molecule has 0 aliphatic carbocycles. The average molecular weight is 279 g/mol. The lowest BCUT2D eigenvalue weighted by molar-refractivity contribution is -0.385. The first kappa shape index (κ1) is 14.3. The van der Waals surface area contributed by atoms with E-state index in [2.05, 4.69) is 5.32 Å². The third kappa shape index (κ3) is 3.24. The number of amides is 1. The van der Waals surface area contributed by atoms with Crippen LogP contribution in [-0.2, 0) is 11.2 Å². The summed E-state index contributed by atoms with van der Waals surface area (Å²) in [5.41, 5.74) is 6.37. The van der Waals surface area contributed by atoms with Crippen molar-refractivity contribution in [2.24, 2.45) is 5.73 Å². The van der Waals surface area contributed by atoms with Gasteiger partial charge in [0.1, 0.15) is 6.61 Å². The quantitative estimate of drug-likeness (QED) is 0.643. The summed E-state index contributed by atoms with van der Waals surface area (Å²) in [6.45, 7) is 3.72. The number of nitrogens with one attached hydrogen (secondary N) is 1. The van der Waals surface area contributed by atoms with E-state index in [4.69, 9.17) is 10.5 Å². The van der Waals surface area contributed by atoms with Gasteiger partial charge in [-0.1, -0.05) is 0 Å². The Kier molecular flexibility index (Phi) is 3.63. The molecule has 1 aromatic rings. The maximum Gasteiger partial charge on any atom is 0.313 e. The van der Waals surface area contributed by atoms with Crippen LogP contribution >= 0.6 is 0 Å². The highest BCUT2D eigenvalue weighted by atomic mass is 16.6. The molecule has 0 atom stereocenters. The van der Waals surface area contributed by atoms with E-state index in [1.54, 1.807) is 19.9 Å². The van der Waals surface area contributed by atoms with Crippen LogP contribution in [0.5, 0.6) is 5.75 Å². The average Bonchev–Trinajstić information content (AvgIpc) is 2.34. The normalized spacial score (nSPS) is 14.4. The highest BCUT2D eigenvalue weighted by Gasteiger charge is 2.24. The third-order valence-electron chi connectivity index (χ3n) is 2.88. The lowest BCUT2D eigenvalue weighted by Crippen LogP contribution is -2.38. The van der Waals surface area contributed by atoms with Gasteiger partial charge in [-0.25, -0.2) is 0 Å². The molecule has 1 aromatic carbocycles. The van der Waals surface area contributed by atoms with Crippen molar-refractivity contribution in [3.05, 3.63) is 27.8 Å². The molecule has 7 nitrogen and oxygen atoms in total. The van der Waals surface area contributed by atoms with Gasteiger partial charge in [0.25, 0.3) is 0 Å². The van der Waals surface area contributed by atoms with Gasteiger partial charge in [0, 0.05) is 18.0 Å². The predicted molar refractivity (Wildman–Crippen MR) is 73.8 cm³/mol. The van der Waals surface area contributed by atoms with Crippen molar-refractivity contribution in [2.45, 2.75) is 32.2 Å². The zero-order chi connectivity index (χ0) is 14.9. The van der Waals surface area contributed by atoms with Crippen LogP contribution in [0.3, 0.4) is 0 Å². The number of hydrogen-bond donors (Lipinski definition) is 2. The van der Waals surface area contributed by atoms with E-state index < -0.39 is 10.5 Å². The molecule has 0 aromatic heterocycles. The molecule has 0 fully saturated rings. The Morgan fingerprint density at radius 2 is 2.15 bits per heavy atom. The van der Waals surface area contributed by atoms with Gasteiger partial charge in [0.05, 0.1) is 10.6 Å². The molecule has 0 radical (unpaired) electrons. The number of anilines is 1. The molecule has 108 valence electrons. The first-order chi connectivity index (χ1) is 9.26. The molecule has 0 spiro atoms. The van der Waals surface area contributed by atoms with Crippen molar-refractivity contribution in [1.82, 2.24) is 0 Å². The van der Waals surface area contributed by atoms with Gasteiger partial charge in [-0.3, -0.25) is 14.9 Å². The van der Waals surface area contributed by atoms with Gasteiger partial charge in [-0.2, -0.15) is 0 Å². The van der Waals surface area contributed by atoms with Crippen LogP contribution in [0.2, 0.25) is 0 Å². The third-order valence-corrected chi connectivity index (χ3v) is 2.88. The first-order valence-corrected chi connectivity index (χ1v) is 6.29. The molecule has 0 unspecified atom stereocenters.